The Balaban J connectivity index is 2.29. The van der Waals surface area contributed by atoms with Crippen molar-refractivity contribution in [2.45, 2.75) is 13.3 Å². The molecule has 0 atom stereocenters. The van der Waals surface area contributed by atoms with E-state index in [9.17, 15) is 4.79 Å². The van der Waals surface area contributed by atoms with Crippen LogP contribution in [-0.4, -0.2) is 31.3 Å². The topological polar surface area (TPSA) is 58.6 Å². The molecule has 0 aliphatic heterocycles. The van der Waals surface area contributed by atoms with Crippen molar-refractivity contribution in [2.75, 3.05) is 20.2 Å². The molecule has 0 spiro atoms. The van der Waals surface area contributed by atoms with Crippen molar-refractivity contribution in [1.82, 2.24) is 5.32 Å². The number of hydrogen-bond acceptors (Lipinski definition) is 3. The van der Waals surface area contributed by atoms with E-state index in [4.69, 9.17) is 9.84 Å². The van der Waals surface area contributed by atoms with Gasteiger partial charge in [0, 0.05) is 12.1 Å². The molecule has 1 rings (SSSR count). The molecule has 0 amide bonds. The Morgan fingerprint density at radius 3 is 2.94 bits per heavy atom. The molecule has 0 aliphatic carbocycles. The van der Waals surface area contributed by atoms with Gasteiger partial charge >= 0.3 is 5.97 Å². The van der Waals surface area contributed by atoms with Crippen molar-refractivity contribution in [3.05, 3.63) is 41.5 Å². The summed E-state index contributed by atoms with van der Waals surface area (Å²) in [4.78, 5) is 10.5. The van der Waals surface area contributed by atoms with Gasteiger partial charge in [-0.05, 0) is 37.6 Å². The van der Waals surface area contributed by atoms with E-state index in [0.717, 1.165) is 18.7 Å². The minimum absolute atomic E-state index is 0.365. The number of nitrogens with one attached hydrogen (secondary N) is 1. The monoisotopic (exact) mass is 249 g/mol. The second-order valence-electron chi connectivity index (χ2n) is 4.00. The molecule has 0 radical (unpaired) electrons. The van der Waals surface area contributed by atoms with Crippen molar-refractivity contribution < 1.29 is 14.6 Å². The van der Waals surface area contributed by atoms with Crippen LogP contribution < -0.4 is 10.1 Å². The molecule has 4 nitrogen and oxygen atoms in total. The zero-order valence-electron chi connectivity index (χ0n) is 10.8. The Bertz CT molecular complexity index is 427. The third-order valence-electron chi connectivity index (χ3n) is 2.61. The Labute approximate surface area is 107 Å². The van der Waals surface area contributed by atoms with Gasteiger partial charge in [-0.1, -0.05) is 18.2 Å². The van der Waals surface area contributed by atoms with E-state index in [1.54, 1.807) is 20.1 Å². The number of carboxylic acid groups (broad SMARTS) is 1. The van der Waals surface area contributed by atoms with E-state index in [1.165, 1.54) is 5.56 Å². The number of aliphatic carboxylic acids is 1. The van der Waals surface area contributed by atoms with Crippen LogP contribution in [0.2, 0.25) is 0 Å². The highest BCUT2D eigenvalue weighted by molar-refractivity contribution is 5.85. The smallest absolute Gasteiger partial charge is 0.330 e. The summed E-state index contributed by atoms with van der Waals surface area (Å²) in [6.07, 6.45) is 2.56. The second-order valence-corrected chi connectivity index (χ2v) is 4.00. The Kier molecular flexibility index (Phi) is 5.94. The highest BCUT2D eigenvalue weighted by Gasteiger charge is 1.98. The van der Waals surface area contributed by atoms with Crippen molar-refractivity contribution >= 4 is 5.97 Å². The summed E-state index contributed by atoms with van der Waals surface area (Å²) in [5, 5.41) is 11.8. The first kappa shape index (κ1) is 14.3. The molecule has 1 aromatic rings. The number of rotatable bonds is 7. The summed E-state index contributed by atoms with van der Waals surface area (Å²) in [6.45, 7) is 2.96. The molecule has 0 bridgehead atoms. The number of hydrogen-bond donors (Lipinski definition) is 2. The highest BCUT2D eigenvalue weighted by atomic mass is 16.5. The van der Waals surface area contributed by atoms with Gasteiger partial charge in [0.1, 0.15) is 5.75 Å². The summed E-state index contributed by atoms with van der Waals surface area (Å²) in [7, 11) is 1.65. The lowest BCUT2D eigenvalue weighted by Crippen LogP contribution is -2.17. The second kappa shape index (κ2) is 7.50. The van der Waals surface area contributed by atoms with Crippen molar-refractivity contribution in [2.24, 2.45) is 0 Å². The van der Waals surface area contributed by atoms with Crippen LogP contribution in [0.3, 0.4) is 0 Å². The van der Waals surface area contributed by atoms with Crippen LogP contribution in [0.15, 0.2) is 35.9 Å². The van der Waals surface area contributed by atoms with Gasteiger partial charge in [-0.15, -0.1) is 0 Å². The van der Waals surface area contributed by atoms with Crippen LogP contribution in [0.4, 0.5) is 0 Å². The Morgan fingerprint density at radius 2 is 2.28 bits per heavy atom. The quantitative estimate of drug-likeness (QED) is 0.572. The first-order valence-electron chi connectivity index (χ1n) is 5.87. The fraction of sp³-hybridized carbons (Fsp3) is 0.357. The van der Waals surface area contributed by atoms with Gasteiger partial charge in [0.05, 0.1) is 7.11 Å². The van der Waals surface area contributed by atoms with Crippen molar-refractivity contribution in [1.29, 1.82) is 0 Å². The lowest BCUT2D eigenvalue weighted by atomic mass is 10.1. The lowest BCUT2D eigenvalue weighted by molar-refractivity contribution is -0.132. The van der Waals surface area contributed by atoms with E-state index in [2.05, 4.69) is 5.32 Å². The van der Waals surface area contributed by atoms with Gasteiger partial charge in [0.2, 0.25) is 0 Å². The maximum atomic E-state index is 10.5. The number of ether oxygens (including phenoxy) is 1. The predicted molar refractivity (Wildman–Crippen MR) is 71.0 cm³/mol. The van der Waals surface area contributed by atoms with Crippen LogP contribution in [0.1, 0.15) is 12.5 Å². The lowest BCUT2D eigenvalue weighted by Gasteiger charge is -2.05. The maximum Gasteiger partial charge on any atom is 0.330 e. The zero-order chi connectivity index (χ0) is 13.4. The average molecular weight is 249 g/mol. The largest absolute Gasteiger partial charge is 0.497 e. The van der Waals surface area contributed by atoms with Gasteiger partial charge in [-0.25, -0.2) is 4.79 Å². The standard InChI is InChI=1S/C14H19NO3/c1-11(14(16)17)6-8-15-9-7-12-4-3-5-13(10-12)18-2/h3-6,10,15H,7-9H2,1-2H3,(H,16,17)/b11-6-. The van der Waals surface area contributed by atoms with E-state index in [-0.39, 0.29) is 0 Å². The molecule has 0 heterocycles. The Hall–Kier alpha value is -1.81. The Morgan fingerprint density at radius 1 is 1.50 bits per heavy atom. The normalized spacial score (nSPS) is 11.3. The van der Waals surface area contributed by atoms with Gasteiger partial charge < -0.3 is 15.2 Å². The molecular formula is C14H19NO3. The number of carboxylic acids is 1. The SMILES string of the molecule is COc1cccc(CCNC/C=C(/C)C(=O)O)c1. The summed E-state index contributed by atoms with van der Waals surface area (Å²) in [5.41, 5.74) is 1.56. The number of methoxy groups -OCH3 is 1. The first-order valence-corrected chi connectivity index (χ1v) is 5.87. The van der Waals surface area contributed by atoms with Crippen LogP contribution in [0.25, 0.3) is 0 Å². The summed E-state index contributed by atoms with van der Waals surface area (Å²) in [6, 6.07) is 7.92. The van der Waals surface area contributed by atoms with Gasteiger partial charge in [-0.2, -0.15) is 0 Å². The summed E-state index contributed by atoms with van der Waals surface area (Å²) in [5.74, 6) is -0.0151. The maximum absolute atomic E-state index is 10.5. The van der Waals surface area contributed by atoms with Crippen LogP contribution in [0.5, 0.6) is 5.75 Å². The van der Waals surface area contributed by atoms with Crippen molar-refractivity contribution in [3.8, 4) is 5.75 Å². The molecule has 1 aromatic carbocycles. The molecule has 0 aliphatic rings. The van der Waals surface area contributed by atoms with E-state index in [0.29, 0.717) is 12.1 Å². The van der Waals surface area contributed by atoms with Gasteiger partial charge in [0.25, 0.3) is 0 Å². The third-order valence-corrected chi connectivity index (χ3v) is 2.61. The fourth-order valence-corrected chi connectivity index (χ4v) is 1.48. The van der Waals surface area contributed by atoms with E-state index < -0.39 is 5.97 Å². The molecule has 0 saturated heterocycles. The fourth-order valence-electron chi connectivity index (χ4n) is 1.48. The molecule has 0 fully saturated rings. The molecule has 0 aromatic heterocycles. The number of benzene rings is 1. The predicted octanol–water partition coefficient (Wildman–Crippen LogP) is 1.86. The molecule has 98 valence electrons. The summed E-state index contributed by atoms with van der Waals surface area (Å²) >= 11 is 0. The highest BCUT2D eigenvalue weighted by Crippen LogP contribution is 2.12. The summed E-state index contributed by atoms with van der Waals surface area (Å²) < 4.78 is 5.14. The molecular weight excluding hydrogens is 230 g/mol. The van der Waals surface area contributed by atoms with E-state index in [1.807, 2.05) is 24.3 Å². The van der Waals surface area contributed by atoms with Crippen LogP contribution >= 0.6 is 0 Å². The minimum atomic E-state index is -0.871. The minimum Gasteiger partial charge on any atom is -0.497 e. The zero-order valence-corrected chi connectivity index (χ0v) is 10.8. The third kappa shape index (κ3) is 5.01. The molecule has 0 unspecified atom stereocenters. The van der Waals surface area contributed by atoms with Gasteiger partial charge in [-0.3, -0.25) is 0 Å². The number of carbonyl (C=O) groups is 1. The van der Waals surface area contributed by atoms with Crippen LogP contribution in [0, 0.1) is 0 Å². The molecule has 2 N–H and O–H groups in total. The average Bonchev–Trinajstić information content (AvgIpc) is 2.38. The van der Waals surface area contributed by atoms with Gasteiger partial charge in [0.15, 0.2) is 0 Å². The molecule has 0 saturated carbocycles. The molecule has 4 heteroatoms. The first-order chi connectivity index (χ1) is 8.63. The molecule has 18 heavy (non-hydrogen) atoms. The van der Waals surface area contributed by atoms with E-state index >= 15 is 0 Å². The van der Waals surface area contributed by atoms with Crippen molar-refractivity contribution in [3.63, 3.8) is 0 Å². The van der Waals surface area contributed by atoms with Crippen LogP contribution in [-0.2, 0) is 11.2 Å².